The van der Waals surface area contributed by atoms with Crippen molar-refractivity contribution < 1.29 is 24.0 Å². The number of hydrogen-bond acceptors (Lipinski definition) is 5. The van der Waals surface area contributed by atoms with Crippen molar-refractivity contribution >= 4 is 17.3 Å². The number of anilines is 1. The molecule has 0 spiro atoms. The second kappa shape index (κ2) is 6.04. The Balaban J connectivity index is 2.49. The first-order chi connectivity index (χ1) is 9.95. The van der Waals surface area contributed by atoms with E-state index in [-0.39, 0.29) is 11.7 Å². The summed E-state index contributed by atoms with van der Waals surface area (Å²) in [6, 6.07) is 1.80. The quantitative estimate of drug-likeness (QED) is 0.611. The number of rotatable bonds is 7. The highest BCUT2D eigenvalue weighted by Gasteiger charge is 2.34. The van der Waals surface area contributed by atoms with Gasteiger partial charge in [0.1, 0.15) is 11.5 Å². The Morgan fingerprint density at radius 1 is 1.57 bits per heavy atom. The maximum absolute atomic E-state index is 13.6. The molecule has 0 aliphatic heterocycles. The smallest absolute Gasteiger partial charge is 0.338 e. The van der Waals surface area contributed by atoms with E-state index in [1.54, 1.807) is 4.90 Å². The first kappa shape index (κ1) is 15.2. The monoisotopic (exact) mass is 298 g/mol. The second-order valence-corrected chi connectivity index (χ2v) is 4.80. The molecule has 0 amide bonds. The van der Waals surface area contributed by atoms with Crippen LogP contribution in [0.3, 0.4) is 0 Å². The van der Waals surface area contributed by atoms with Gasteiger partial charge in [0.05, 0.1) is 23.2 Å². The SMILES string of the molecule is COCCN(c1cc(C(=O)O)c(F)cc1[N+](=O)[O-])C1CC1. The molecule has 1 aliphatic carbocycles. The number of methoxy groups -OCH3 is 1. The number of carboxylic acid groups (broad SMARTS) is 1. The number of halogens is 1. The summed E-state index contributed by atoms with van der Waals surface area (Å²) in [5, 5.41) is 20.1. The Bertz CT molecular complexity index is 574. The van der Waals surface area contributed by atoms with Crippen LogP contribution in [0.5, 0.6) is 0 Å². The van der Waals surface area contributed by atoms with Gasteiger partial charge in [-0.2, -0.15) is 0 Å². The number of aromatic carboxylic acids is 1. The number of benzene rings is 1. The van der Waals surface area contributed by atoms with Gasteiger partial charge in [-0.1, -0.05) is 0 Å². The van der Waals surface area contributed by atoms with Crippen molar-refractivity contribution in [3.63, 3.8) is 0 Å². The van der Waals surface area contributed by atoms with Gasteiger partial charge >= 0.3 is 5.97 Å². The average Bonchev–Trinajstić information content (AvgIpc) is 3.24. The van der Waals surface area contributed by atoms with Crippen molar-refractivity contribution in [2.75, 3.05) is 25.2 Å². The van der Waals surface area contributed by atoms with Crippen LogP contribution >= 0.6 is 0 Å². The molecule has 0 unspecified atom stereocenters. The molecule has 1 fully saturated rings. The molecule has 1 saturated carbocycles. The van der Waals surface area contributed by atoms with E-state index in [1.165, 1.54) is 7.11 Å². The van der Waals surface area contributed by atoms with E-state index in [2.05, 4.69) is 0 Å². The van der Waals surface area contributed by atoms with Crippen LogP contribution in [0.2, 0.25) is 0 Å². The number of carbonyl (C=O) groups is 1. The highest BCUT2D eigenvalue weighted by atomic mass is 19.1. The fraction of sp³-hybridized carbons (Fsp3) is 0.462. The van der Waals surface area contributed by atoms with Crippen molar-refractivity contribution in [1.29, 1.82) is 0 Å². The van der Waals surface area contributed by atoms with Crippen LogP contribution in [0.4, 0.5) is 15.8 Å². The summed E-state index contributed by atoms with van der Waals surface area (Å²) in [5.41, 5.74) is -0.877. The summed E-state index contributed by atoms with van der Waals surface area (Å²) in [6.07, 6.45) is 1.72. The van der Waals surface area contributed by atoms with Crippen molar-refractivity contribution in [1.82, 2.24) is 0 Å². The Morgan fingerprint density at radius 2 is 2.24 bits per heavy atom. The molecule has 0 radical (unpaired) electrons. The molecule has 1 aromatic rings. The van der Waals surface area contributed by atoms with Crippen LogP contribution in [-0.2, 0) is 4.74 Å². The largest absolute Gasteiger partial charge is 0.478 e. The third-order valence-corrected chi connectivity index (χ3v) is 3.32. The van der Waals surface area contributed by atoms with Gasteiger partial charge in [-0.15, -0.1) is 0 Å². The standard InChI is InChI=1S/C13H15FN2O5/c1-21-5-4-15(8-2-3-8)11-6-9(13(17)18)10(14)7-12(11)16(19)20/h6-8H,2-5H2,1H3,(H,17,18). The minimum absolute atomic E-state index is 0.103. The van der Waals surface area contributed by atoms with E-state index in [4.69, 9.17) is 9.84 Å². The number of nitro groups is 1. The van der Waals surface area contributed by atoms with Crippen LogP contribution in [0.1, 0.15) is 23.2 Å². The van der Waals surface area contributed by atoms with Gasteiger partial charge in [-0.3, -0.25) is 10.1 Å². The summed E-state index contributed by atoms with van der Waals surface area (Å²) in [4.78, 5) is 23.1. The number of ether oxygens (including phenoxy) is 1. The van der Waals surface area contributed by atoms with Gasteiger partial charge in [0, 0.05) is 19.7 Å². The lowest BCUT2D eigenvalue weighted by molar-refractivity contribution is -0.384. The molecule has 114 valence electrons. The van der Waals surface area contributed by atoms with Crippen molar-refractivity contribution in [3.05, 3.63) is 33.6 Å². The maximum Gasteiger partial charge on any atom is 0.338 e. The molecule has 0 atom stereocenters. The number of nitro benzene ring substituents is 1. The molecular weight excluding hydrogens is 283 g/mol. The lowest BCUT2D eigenvalue weighted by Crippen LogP contribution is -2.30. The third-order valence-electron chi connectivity index (χ3n) is 3.32. The minimum Gasteiger partial charge on any atom is -0.478 e. The van der Waals surface area contributed by atoms with Crippen LogP contribution in [0.15, 0.2) is 12.1 Å². The normalized spacial score (nSPS) is 14.0. The van der Waals surface area contributed by atoms with E-state index in [1.807, 2.05) is 0 Å². The molecule has 1 aliphatic rings. The first-order valence-corrected chi connectivity index (χ1v) is 6.42. The topological polar surface area (TPSA) is 92.9 Å². The molecule has 0 bridgehead atoms. The van der Waals surface area contributed by atoms with E-state index >= 15 is 0 Å². The summed E-state index contributed by atoms with van der Waals surface area (Å²) < 4.78 is 18.6. The number of hydrogen-bond donors (Lipinski definition) is 1. The molecule has 0 aromatic heterocycles. The van der Waals surface area contributed by atoms with Gasteiger partial charge in [0.25, 0.3) is 5.69 Å². The molecule has 8 heteroatoms. The zero-order chi connectivity index (χ0) is 15.6. The zero-order valence-corrected chi connectivity index (χ0v) is 11.4. The van der Waals surface area contributed by atoms with Gasteiger partial charge in [0.2, 0.25) is 0 Å². The number of carboxylic acids is 1. The predicted molar refractivity (Wildman–Crippen MR) is 72.3 cm³/mol. The molecular formula is C13H15FN2O5. The summed E-state index contributed by atoms with van der Waals surface area (Å²) in [5.74, 6) is -2.56. The van der Waals surface area contributed by atoms with E-state index in [0.29, 0.717) is 19.2 Å². The second-order valence-electron chi connectivity index (χ2n) is 4.80. The maximum atomic E-state index is 13.6. The van der Waals surface area contributed by atoms with Gasteiger partial charge in [-0.25, -0.2) is 9.18 Å². The van der Waals surface area contributed by atoms with Crippen molar-refractivity contribution in [2.45, 2.75) is 18.9 Å². The van der Waals surface area contributed by atoms with Gasteiger partial charge < -0.3 is 14.7 Å². The molecule has 7 nitrogen and oxygen atoms in total. The van der Waals surface area contributed by atoms with Crippen molar-refractivity contribution in [3.8, 4) is 0 Å². The predicted octanol–water partition coefficient (Wildman–Crippen LogP) is 2.05. The molecule has 0 heterocycles. The summed E-state index contributed by atoms with van der Waals surface area (Å²) in [6.45, 7) is 0.722. The first-order valence-electron chi connectivity index (χ1n) is 6.42. The van der Waals surface area contributed by atoms with Crippen LogP contribution in [0, 0.1) is 15.9 Å². The van der Waals surface area contributed by atoms with E-state index in [9.17, 15) is 19.3 Å². The summed E-state index contributed by atoms with van der Waals surface area (Å²) >= 11 is 0. The summed E-state index contributed by atoms with van der Waals surface area (Å²) in [7, 11) is 1.51. The number of nitrogens with zero attached hydrogens (tertiary/aromatic N) is 2. The highest BCUT2D eigenvalue weighted by molar-refractivity contribution is 5.90. The highest BCUT2D eigenvalue weighted by Crippen LogP contribution is 2.38. The molecule has 1 aromatic carbocycles. The fourth-order valence-electron chi connectivity index (χ4n) is 2.17. The molecule has 1 N–H and O–H groups in total. The molecule has 0 saturated heterocycles. The molecule has 2 rings (SSSR count). The zero-order valence-electron chi connectivity index (χ0n) is 11.4. The van der Waals surface area contributed by atoms with Gasteiger partial charge in [0.15, 0.2) is 0 Å². The van der Waals surface area contributed by atoms with Crippen LogP contribution in [-0.4, -0.2) is 42.3 Å². The average molecular weight is 298 g/mol. The Hall–Kier alpha value is -2.22. The fourth-order valence-corrected chi connectivity index (χ4v) is 2.17. The lowest BCUT2D eigenvalue weighted by atomic mass is 10.1. The van der Waals surface area contributed by atoms with Crippen LogP contribution < -0.4 is 4.90 Å². The Kier molecular flexibility index (Phi) is 4.37. The van der Waals surface area contributed by atoms with Crippen LogP contribution in [0.25, 0.3) is 0 Å². The molecule has 21 heavy (non-hydrogen) atoms. The lowest BCUT2D eigenvalue weighted by Gasteiger charge is -2.24. The Morgan fingerprint density at radius 3 is 2.71 bits per heavy atom. The van der Waals surface area contributed by atoms with E-state index < -0.39 is 28.0 Å². The Labute approximate surface area is 120 Å². The third kappa shape index (κ3) is 3.27. The van der Waals surface area contributed by atoms with E-state index in [0.717, 1.165) is 18.9 Å². The van der Waals surface area contributed by atoms with Gasteiger partial charge in [-0.05, 0) is 18.9 Å². The minimum atomic E-state index is -1.45. The van der Waals surface area contributed by atoms with Crippen molar-refractivity contribution in [2.24, 2.45) is 0 Å².